The van der Waals surface area contributed by atoms with Crippen molar-refractivity contribution in [1.82, 2.24) is 9.88 Å². The number of nitrogens with one attached hydrogen (secondary N) is 1. The van der Waals surface area contributed by atoms with E-state index in [0.717, 1.165) is 12.0 Å². The smallest absolute Gasteiger partial charge is 0.239 e. The number of para-hydroxylation sites is 1. The quantitative estimate of drug-likeness (QED) is 0.254. The number of carbonyl (C=O) groups excluding carboxylic acids is 1. The number of carbonyl (C=O) groups is 1. The molecule has 0 spiro atoms. The molecule has 6 heteroatoms. The second-order valence-electron chi connectivity index (χ2n) is 9.47. The number of aryl methyl sites for hydroxylation is 1. The molecule has 0 saturated carbocycles. The summed E-state index contributed by atoms with van der Waals surface area (Å²) in [5, 5.41) is 3.65. The zero-order valence-electron chi connectivity index (χ0n) is 21.2. The topological polar surface area (TPSA) is 68.2 Å². The molecule has 1 amide bonds. The molecule has 0 saturated heterocycles. The Bertz CT molecular complexity index is 1600. The van der Waals surface area contributed by atoms with Gasteiger partial charge in [-0.2, -0.15) is 0 Å². The first-order valence-electron chi connectivity index (χ1n) is 12.7. The lowest BCUT2D eigenvalue weighted by atomic mass is 9.88. The van der Waals surface area contributed by atoms with Crippen molar-refractivity contribution in [2.24, 2.45) is 0 Å². The molecule has 38 heavy (non-hydrogen) atoms. The molecule has 5 nitrogen and oxygen atoms in total. The van der Waals surface area contributed by atoms with Gasteiger partial charge < -0.3 is 9.88 Å². The van der Waals surface area contributed by atoms with Crippen molar-refractivity contribution in [2.75, 3.05) is 6.54 Å². The van der Waals surface area contributed by atoms with Crippen molar-refractivity contribution in [1.29, 1.82) is 0 Å². The van der Waals surface area contributed by atoms with Gasteiger partial charge in [-0.15, -0.1) is 0 Å². The van der Waals surface area contributed by atoms with Gasteiger partial charge in [0.05, 0.1) is 9.79 Å². The van der Waals surface area contributed by atoms with Gasteiger partial charge in [0.2, 0.25) is 15.7 Å². The van der Waals surface area contributed by atoms with Crippen molar-refractivity contribution < 1.29 is 13.2 Å². The average Bonchev–Trinajstić information content (AvgIpc) is 3.31. The number of amides is 1. The molecule has 0 unspecified atom stereocenters. The molecule has 0 aliphatic heterocycles. The highest BCUT2D eigenvalue weighted by Gasteiger charge is 2.24. The molecular weight excluding hydrogens is 492 g/mol. The first-order valence-corrected chi connectivity index (χ1v) is 14.2. The summed E-state index contributed by atoms with van der Waals surface area (Å²) < 4.78 is 28.6. The Balaban J connectivity index is 1.33. The number of hydrogen-bond acceptors (Lipinski definition) is 3. The Hall–Kier alpha value is -4.16. The molecule has 0 atom stereocenters. The van der Waals surface area contributed by atoms with E-state index in [4.69, 9.17) is 0 Å². The molecule has 0 bridgehead atoms. The van der Waals surface area contributed by atoms with E-state index in [1.165, 1.54) is 11.1 Å². The molecule has 0 radical (unpaired) electrons. The lowest BCUT2D eigenvalue weighted by Gasteiger charge is -2.18. The summed E-state index contributed by atoms with van der Waals surface area (Å²) in [6.45, 7) is 2.45. The second kappa shape index (κ2) is 11.1. The van der Waals surface area contributed by atoms with Gasteiger partial charge in [-0.1, -0.05) is 96.6 Å². The number of nitrogens with zero attached hydrogens (tertiary/aromatic N) is 1. The van der Waals surface area contributed by atoms with Crippen LogP contribution < -0.4 is 5.32 Å². The molecule has 1 N–H and O–H groups in total. The fourth-order valence-electron chi connectivity index (χ4n) is 4.87. The van der Waals surface area contributed by atoms with E-state index < -0.39 is 9.84 Å². The number of hydrogen-bond donors (Lipinski definition) is 1. The van der Waals surface area contributed by atoms with Crippen molar-refractivity contribution in [2.45, 2.75) is 35.6 Å². The van der Waals surface area contributed by atoms with E-state index in [1.54, 1.807) is 41.1 Å². The lowest BCUT2D eigenvalue weighted by Crippen LogP contribution is -2.29. The first-order chi connectivity index (χ1) is 18.4. The predicted octanol–water partition coefficient (Wildman–Crippen LogP) is 6.12. The standard InChI is InChI=1S/C32H30N2O3S/c1-24-16-18-27(19-17-24)38(36,37)31-22-34(30-15-9-8-14-29(30)31)23-32(35)33-21-20-28(25-10-4-2-5-11-25)26-12-6-3-7-13-26/h2-19,22,28H,20-21,23H2,1H3,(H,33,35). The van der Waals surface area contributed by atoms with E-state index in [-0.39, 0.29) is 28.2 Å². The van der Waals surface area contributed by atoms with Crippen LogP contribution in [0.4, 0.5) is 0 Å². The molecule has 5 aromatic rings. The third kappa shape index (κ3) is 5.41. The summed E-state index contributed by atoms with van der Waals surface area (Å²) in [5.41, 5.74) is 4.11. The number of rotatable bonds is 9. The van der Waals surface area contributed by atoms with Crippen LogP contribution in [0.5, 0.6) is 0 Å². The maximum Gasteiger partial charge on any atom is 0.239 e. The average molecular weight is 523 g/mol. The zero-order valence-corrected chi connectivity index (χ0v) is 22.1. The number of sulfone groups is 1. The summed E-state index contributed by atoms with van der Waals surface area (Å²) in [4.78, 5) is 13.4. The van der Waals surface area contributed by atoms with E-state index in [1.807, 2.05) is 61.5 Å². The molecule has 1 aromatic heterocycles. The minimum Gasteiger partial charge on any atom is -0.355 e. The highest BCUT2D eigenvalue weighted by atomic mass is 32.2. The molecule has 1 heterocycles. The molecule has 0 fully saturated rings. The van der Waals surface area contributed by atoms with E-state index >= 15 is 0 Å². The highest BCUT2D eigenvalue weighted by molar-refractivity contribution is 7.91. The van der Waals surface area contributed by atoms with E-state index in [0.29, 0.717) is 17.4 Å². The molecule has 192 valence electrons. The molecule has 4 aromatic carbocycles. The summed E-state index contributed by atoms with van der Waals surface area (Å²) in [6.07, 6.45) is 2.33. The third-order valence-electron chi connectivity index (χ3n) is 6.85. The fraction of sp³-hybridized carbons (Fsp3) is 0.156. The SMILES string of the molecule is Cc1ccc(S(=O)(=O)c2cn(CC(=O)NCCC(c3ccccc3)c3ccccc3)c3ccccc23)cc1. The van der Waals surface area contributed by atoms with Gasteiger partial charge in [0.25, 0.3) is 0 Å². The zero-order chi connectivity index (χ0) is 26.5. The van der Waals surface area contributed by atoms with Crippen LogP contribution in [-0.2, 0) is 21.2 Å². The van der Waals surface area contributed by atoms with Crippen molar-refractivity contribution in [3.63, 3.8) is 0 Å². The summed E-state index contributed by atoms with van der Waals surface area (Å²) in [7, 11) is -3.74. The van der Waals surface area contributed by atoms with Gasteiger partial charge in [-0.05, 0) is 42.7 Å². The Kier molecular flexibility index (Phi) is 7.43. The van der Waals surface area contributed by atoms with Gasteiger partial charge >= 0.3 is 0 Å². The summed E-state index contributed by atoms with van der Waals surface area (Å²) in [6, 6.07) is 34.7. The van der Waals surface area contributed by atoms with Crippen LogP contribution in [0.1, 0.15) is 29.0 Å². The minimum absolute atomic E-state index is 0.0330. The molecular formula is C32H30N2O3S. The maximum absolute atomic E-state index is 13.5. The number of fused-ring (bicyclic) bond motifs is 1. The Morgan fingerprint density at radius 3 is 2.00 bits per heavy atom. The largest absolute Gasteiger partial charge is 0.355 e. The minimum atomic E-state index is -3.74. The van der Waals surface area contributed by atoms with Gasteiger partial charge in [-0.3, -0.25) is 4.79 Å². The third-order valence-corrected chi connectivity index (χ3v) is 8.64. The summed E-state index contributed by atoms with van der Waals surface area (Å²) in [5.74, 6) is 0.00118. The van der Waals surface area contributed by atoms with Crippen LogP contribution in [0.25, 0.3) is 10.9 Å². The van der Waals surface area contributed by atoms with Crippen LogP contribution >= 0.6 is 0 Å². The van der Waals surface area contributed by atoms with Crippen LogP contribution in [0.2, 0.25) is 0 Å². The Morgan fingerprint density at radius 2 is 1.37 bits per heavy atom. The highest BCUT2D eigenvalue weighted by Crippen LogP contribution is 2.31. The predicted molar refractivity (Wildman–Crippen MR) is 151 cm³/mol. The normalized spacial score (nSPS) is 11.6. The Labute approximate surface area is 223 Å². The van der Waals surface area contributed by atoms with E-state index in [9.17, 15) is 13.2 Å². The molecule has 0 aliphatic carbocycles. The van der Waals surface area contributed by atoms with Gasteiger partial charge in [0.1, 0.15) is 6.54 Å². The Morgan fingerprint density at radius 1 is 0.789 bits per heavy atom. The fourth-order valence-corrected chi connectivity index (χ4v) is 6.34. The number of aromatic nitrogens is 1. The molecule has 0 aliphatic rings. The van der Waals surface area contributed by atoms with Crippen LogP contribution in [0.15, 0.2) is 125 Å². The van der Waals surface area contributed by atoms with Gasteiger partial charge in [0.15, 0.2) is 0 Å². The number of benzene rings is 4. The summed E-state index contributed by atoms with van der Waals surface area (Å²) >= 11 is 0. The monoisotopic (exact) mass is 522 g/mol. The van der Waals surface area contributed by atoms with Crippen molar-refractivity contribution in [3.8, 4) is 0 Å². The van der Waals surface area contributed by atoms with Gasteiger partial charge in [-0.25, -0.2) is 8.42 Å². The first kappa shape index (κ1) is 25.5. The van der Waals surface area contributed by atoms with E-state index in [2.05, 4.69) is 29.6 Å². The lowest BCUT2D eigenvalue weighted by molar-refractivity contribution is -0.121. The maximum atomic E-state index is 13.5. The second-order valence-corrected chi connectivity index (χ2v) is 11.4. The van der Waals surface area contributed by atoms with Crippen LogP contribution in [0.3, 0.4) is 0 Å². The van der Waals surface area contributed by atoms with Crippen LogP contribution in [-0.4, -0.2) is 25.4 Å². The van der Waals surface area contributed by atoms with Crippen molar-refractivity contribution >= 4 is 26.6 Å². The van der Waals surface area contributed by atoms with Crippen molar-refractivity contribution in [3.05, 3.63) is 132 Å². The van der Waals surface area contributed by atoms with Gasteiger partial charge in [0, 0.05) is 29.6 Å². The molecule has 5 rings (SSSR count). The van der Waals surface area contributed by atoms with Crippen LogP contribution in [0, 0.1) is 6.92 Å².